The number of rotatable bonds is 6. The summed E-state index contributed by atoms with van der Waals surface area (Å²) in [7, 11) is 1.33. The number of methoxy groups -OCH3 is 1. The molecule has 10 nitrogen and oxygen atoms in total. The van der Waals surface area contributed by atoms with Crippen LogP contribution in [0, 0.1) is 0 Å². The number of carbonyl (C=O) groups excluding carboxylic acids is 2. The van der Waals surface area contributed by atoms with Gasteiger partial charge < -0.3 is 25.1 Å². The van der Waals surface area contributed by atoms with Gasteiger partial charge in [-0.2, -0.15) is 13.2 Å². The van der Waals surface area contributed by atoms with E-state index >= 15 is 0 Å². The van der Waals surface area contributed by atoms with E-state index in [0.29, 0.717) is 10.9 Å². The molecule has 1 aliphatic rings. The zero-order valence-corrected chi connectivity index (χ0v) is 20.8. The number of ether oxygens (including phenoxy) is 1. The molecule has 202 valence electrons. The average Bonchev–Trinajstić information content (AvgIpc) is 3.35. The van der Waals surface area contributed by atoms with E-state index in [1.54, 1.807) is 31.2 Å². The van der Waals surface area contributed by atoms with Crippen LogP contribution in [0.15, 0.2) is 53.1 Å². The first kappa shape index (κ1) is 26.1. The quantitative estimate of drug-likeness (QED) is 0.379. The van der Waals surface area contributed by atoms with Gasteiger partial charge in [0.1, 0.15) is 22.7 Å². The van der Waals surface area contributed by atoms with Gasteiger partial charge >= 0.3 is 6.18 Å². The van der Waals surface area contributed by atoms with E-state index in [-0.39, 0.29) is 59.3 Å². The van der Waals surface area contributed by atoms with Crippen molar-refractivity contribution < 1.29 is 31.9 Å². The predicted molar refractivity (Wildman–Crippen MR) is 133 cm³/mol. The van der Waals surface area contributed by atoms with Crippen LogP contribution in [0.4, 0.5) is 13.2 Å². The number of oxazole rings is 1. The van der Waals surface area contributed by atoms with Crippen LogP contribution in [0.25, 0.3) is 22.4 Å². The summed E-state index contributed by atoms with van der Waals surface area (Å²) >= 11 is 0. The maximum Gasteiger partial charge on any atom is 0.433 e. The minimum atomic E-state index is -4.65. The highest BCUT2D eigenvalue weighted by Crippen LogP contribution is 2.37. The van der Waals surface area contributed by atoms with Crippen molar-refractivity contribution in [3.63, 3.8) is 0 Å². The molecule has 1 saturated heterocycles. The van der Waals surface area contributed by atoms with Gasteiger partial charge in [0, 0.05) is 30.2 Å². The monoisotopic (exact) mass is 540 g/mol. The molecule has 0 saturated carbocycles. The standard InChI is InChI=1S/C26H23F3N6O4/c1-13(30)22-21(25(37)35-11-14(12-35)32-23(36)17-5-3-4-10-31-17)34-24(39-22)16-6-8-18(38-2)20-15(16)7-9-19(33-20)26(27,28)29/h3-10,13-14H,11-12,30H2,1-2H3,(H,32,36)/t13-/m0/s1. The lowest BCUT2D eigenvalue weighted by atomic mass is 10.1. The van der Waals surface area contributed by atoms with E-state index in [1.165, 1.54) is 30.3 Å². The molecule has 0 spiro atoms. The van der Waals surface area contributed by atoms with Crippen molar-refractivity contribution in [3.05, 3.63) is 71.5 Å². The molecule has 3 N–H and O–H groups in total. The molecule has 2 amide bonds. The Kier molecular flexibility index (Phi) is 6.68. The van der Waals surface area contributed by atoms with E-state index in [1.807, 2.05) is 0 Å². The summed E-state index contributed by atoms with van der Waals surface area (Å²) in [5.41, 5.74) is 5.52. The van der Waals surface area contributed by atoms with Crippen LogP contribution in [0.2, 0.25) is 0 Å². The van der Waals surface area contributed by atoms with Crippen LogP contribution in [-0.2, 0) is 6.18 Å². The molecule has 0 aliphatic carbocycles. The SMILES string of the molecule is COc1ccc(-c2nc(C(=O)N3CC(NC(=O)c4ccccn4)C3)c([C@H](C)N)o2)c2ccc(C(F)(F)F)nc12. The van der Waals surface area contributed by atoms with Crippen LogP contribution >= 0.6 is 0 Å². The van der Waals surface area contributed by atoms with Crippen molar-refractivity contribution in [2.45, 2.75) is 25.2 Å². The van der Waals surface area contributed by atoms with Crippen LogP contribution < -0.4 is 15.8 Å². The molecule has 39 heavy (non-hydrogen) atoms. The van der Waals surface area contributed by atoms with Gasteiger partial charge in [-0.15, -0.1) is 0 Å². The maximum atomic E-state index is 13.3. The molecule has 1 aliphatic heterocycles. The summed E-state index contributed by atoms with van der Waals surface area (Å²) in [5.74, 6) is -0.535. The number of amides is 2. The second-order valence-electron chi connectivity index (χ2n) is 9.02. The lowest BCUT2D eigenvalue weighted by Crippen LogP contribution is -2.61. The van der Waals surface area contributed by atoms with Crippen molar-refractivity contribution >= 4 is 22.7 Å². The third-order valence-electron chi connectivity index (χ3n) is 6.23. The Labute approximate surface area is 220 Å². The minimum absolute atomic E-state index is 0.000361. The van der Waals surface area contributed by atoms with Crippen LogP contribution in [0.1, 0.15) is 45.4 Å². The summed E-state index contributed by atoms with van der Waals surface area (Å²) < 4.78 is 51.0. The molecule has 1 fully saturated rings. The van der Waals surface area contributed by atoms with Crippen molar-refractivity contribution in [2.75, 3.05) is 20.2 Å². The Balaban J connectivity index is 1.41. The number of pyridine rings is 2. The van der Waals surface area contributed by atoms with E-state index in [0.717, 1.165) is 6.07 Å². The molecule has 4 aromatic rings. The number of fused-ring (bicyclic) bond motifs is 1. The lowest BCUT2D eigenvalue weighted by Gasteiger charge is -2.39. The fourth-order valence-electron chi connectivity index (χ4n) is 4.25. The van der Waals surface area contributed by atoms with E-state index < -0.39 is 23.8 Å². The Bertz CT molecular complexity index is 1550. The number of halogens is 3. The van der Waals surface area contributed by atoms with Crippen LogP contribution in [0.5, 0.6) is 5.75 Å². The van der Waals surface area contributed by atoms with Gasteiger partial charge in [-0.3, -0.25) is 14.6 Å². The van der Waals surface area contributed by atoms with Crippen molar-refractivity contribution in [1.82, 2.24) is 25.2 Å². The molecular formula is C26H23F3N6O4. The third-order valence-corrected chi connectivity index (χ3v) is 6.23. The number of hydrogen-bond donors (Lipinski definition) is 2. The fourth-order valence-corrected chi connectivity index (χ4v) is 4.25. The third kappa shape index (κ3) is 5.00. The number of nitrogens with zero attached hydrogens (tertiary/aromatic N) is 4. The number of hydrogen-bond acceptors (Lipinski definition) is 8. The van der Waals surface area contributed by atoms with Crippen molar-refractivity contribution in [3.8, 4) is 17.2 Å². The molecule has 4 heterocycles. The first-order valence-electron chi connectivity index (χ1n) is 11.9. The van der Waals surface area contributed by atoms with E-state index in [4.69, 9.17) is 14.9 Å². The van der Waals surface area contributed by atoms with Gasteiger partial charge in [0.15, 0.2) is 11.5 Å². The fraction of sp³-hybridized carbons (Fsp3) is 0.269. The maximum absolute atomic E-state index is 13.3. The Hall–Kier alpha value is -4.52. The van der Waals surface area contributed by atoms with Crippen LogP contribution in [-0.4, -0.2) is 57.9 Å². The van der Waals surface area contributed by atoms with Gasteiger partial charge in [0.05, 0.1) is 19.2 Å². The van der Waals surface area contributed by atoms with E-state index in [2.05, 4.69) is 20.3 Å². The van der Waals surface area contributed by atoms with Gasteiger partial charge in [-0.1, -0.05) is 6.07 Å². The van der Waals surface area contributed by atoms with E-state index in [9.17, 15) is 22.8 Å². The highest BCUT2D eigenvalue weighted by atomic mass is 19.4. The molecule has 13 heteroatoms. The van der Waals surface area contributed by atoms with Gasteiger partial charge in [0.2, 0.25) is 5.89 Å². The van der Waals surface area contributed by atoms with Gasteiger partial charge in [0.25, 0.3) is 11.8 Å². The number of aromatic nitrogens is 3. The molecule has 5 rings (SSSR count). The Morgan fingerprint density at radius 3 is 2.56 bits per heavy atom. The first-order chi connectivity index (χ1) is 18.6. The first-order valence-corrected chi connectivity index (χ1v) is 11.9. The summed E-state index contributed by atoms with van der Waals surface area (Å²) in [6, 6.07) is 9.14. The smallest absolute Gasteiger partial charge is 0.433 e. The Morgan fingerprint density at radius 2 is 1.92 bits per heavy atom. The van der Waals surface area contributed by atoms with Gasteiger partial charge in [-0.05, 0) is 43.3 Å². The molecule has 0 unspecified atom stereocenters. The predicted octanol–water partition coefficient (Wildman–Crippen LogP) is 3.59. The number of alkyl halides is 3. The number of carbonyl (C=O) groups is 2. The largest absolute Gasteiger partial charge is 0.494 e. The Morgan fingerprint density at radius 1 is 1.15 bits per heavy atom. The van der Waals surface area contributed by atoms with Crippen molar-refractivity contribution in [2.24, 2.45) is 5.73 Å². The highest BCUT2D eigenvalue weighted by molar-refractivity contribution is 5.98. The average molecular weight is 541 g/mol. The minimum Gasteiger partial charge on any atom is -0.494 e. The number of likely N-dealkylation sites (tertiary alicyclic amines) is 1. The zero-order valence-electron chi connectivity index (χ0n) is 20.8. The second kappa shape index (κ2) is 9.98. The second-order valence-corrected chi connectivity index (χ2v) is 9.02. The normalized spacial score (nSPS) is 14.7. The number of benzene rings is 1. The lowest BCUT2D eigenvalue weighted by molar-refractivity contribution is -0.140. The molecular weight excluding hydrogens is 517 g/mol. The topological polar surface area (TPSA) is 136 Å². The highest BCUT2D eigenvalue weighted by Gasteiger charge is 2.37. The molecule has 1 aromatic carbocycles. The molecule has 1 atom stereocenters. The number of nitrogens with two attached hydrogens (primary N) is 1. The molecule has 0 radical (unpaired) electrons. The summed E-state index contributed by atoms with van der Waals surface area (Å²) in [6.07, 6.45) is -3.13. The molecule has 0 bridgehead atoms. The zero-order chi connectivity index (χ0) is 27.9. The summed E-state index contributed by atoms with van der Waals surface area (Å²) in [4.78, 5) is 39.2. The van der Waals surface area contributed by atoms with Crippen molar-refractivity contribution in [1.29, 1.82) is 0 Å². The summed E-state index contributed by atoms with van der Waals surface area (Å²) in [6.45, 7) is 2.11. The summed E-state index contributed by atoms with van der Waals surface area (Å²) in [5, 5.41) is 3.11. The molecule has 3 aromatic heterocycles. The van der Waals surface area contributed by atoms with Gasteiger partial charge in [-0.25, -0.2) is 9.97 Å². The van der Waals surface area contributed by atoms with Crippen LogP contribution in [0.3, 0.4) is 0 Å². The number of nitrogens with one attached hydrogen (secondary N) is 1.